The summed E-state index contributed by atoms with van der Waals surface area (Å²) in [6.07, 6.45) is 0. The Labute approximate surface area is 102 Å². The summed E-state index contributed by atoms with van der Waals surface area (Å²) in [4.78, 5) is 11.5. The molecule has 1 rings (SSSR count). The van der Waals surface area contributed by atoms with Crippen LogP contribution in [0.5, 0.6) is 0 Å². The third kappa shape index (κ3) is 5.03. The van der Waals surface area contributed by atoms with Crippen molar-refractivity contribution in [3.63, 3.8) is 0 Å². The van der Waals surface area contributed by atoms with E-state index in [1.165, 1.54) is 0 Å². The van der Waals surface area contributed by atoms with E-state index in [0.29, 0.717) is 12.1 Å². The molecular weight excluding hydrogens is 214 g/mol. The molecule has 90 valence electrons. The molecule has 0 saturated heterocycles. The molecule has 0 radical (unpaired) electrons. The van der Waals surface area contributed by atoms with Crippen molar-refractivity contribution in [2.45, 2.75) is 32.9 Å². The first-order valence-corrected chi connectivity index (χ1v) is 5.46. The second kappa shape index (κ2) is 5.35. The minimum Gasteiger partial charge on any atom is -0.334 e. The van der Waals surface area contributed by atoms with Crippen LogP contribution < -0.4 is 10.6 Å². The van der Waals surface area contributed by atoms with Crippen molar-refractivity contribution in [2.24, 2.45) is 0 Å². The number of carbonyl (C=O) groups is 1. The SMILES string of the molecule is CC(C)(C)NC(=O)NCc1cccc(C#N)c1. The smallest absolute Gasteiger partial charge is 0.315 e. The highest BCUT2D eigenvalue weighted by Crippen LogP contribution is 2.04. The number of amides is 2. The molecule has 0 saturated carbocycles. The highest BCUT2D eigenvalue weighted by Gasteiger charge is 2.12. The van der Waals surface area contributed by atoms with Gasteiger partial charge in [-0.05, 0) is 38.5 Å². The zero-order chi connectivity index (χ0) is 12.9. The largest absolute Gasteiger partial charge is 0.334 e. The van der Waals surface area contributed by atoms with E-state index in [-0.39, 0.29) is 11.6 Å². The summed E-state index contributed by atoms with van der Waals surface area (Å²) >= 11 is 0. The van der Waals surface area contributed by atoms with Crippen molar-refractivity contribution in [1.82, 2.24) is 10.6 Å². The summed E-state index contributed by atoms with van der Waals surface area (Å²) in [5.74, 6) is 0. The fourth-order valence-electron chi connectivity index (χ4n) is 1.32. The van der Waals surface area contributed by atoms with E-state index >= 15 is 0 Å². The van der Waals surface area contributed by atoms with Crippen LogP contribution in [-0.4, -0.2) is 11.6 Å². The summed E-state index contributed by atoms with van der Waals surface area (Å²) in [6.45, 7) is 6.17. The van der Waals surface area contributed by atoms with E-state index < -0.39 is 0 Å². The predicted molar refractivity (Wildman–Crippen MR) is 66.3 cm³/mol. The van der Waals surface area contributed by atoms with Gasteiger partial charge in [-0.15, -0.1) is 0 Å². The summed E-state index contributed by atoms with van der Waals surface area (Å²) < 4.78 is 0. The first kappa shape index (κ1) is 13.0. The highest BCUT2D eigenvalue weighted by molar-refractivity contribution is 5.74. The van der Waals surface area contributed by atoms with Gasteiger partial charge < -0.3 is 10.6 Å². The second-order valence-corrected chi connectivity index (χ2v) is 4.87. The lowest BCUT2D eigenvalue weighted by molar-refractivity contribution is 0.231. The van der Waals surface area contributed by atoms with E-state index in [2.05, 4.69) is 16.7 Å². The first-order chi connectivity index (χ1) is 7.90. The molecule has 17 heavy (non-hydrogen) atoms. The number of nitrogens with zero attached hydrogens (tertiary/aromatic N) is 1. The lowest BCUT2D eigenvalue weighted by Crippen LogP contribution is -2.46. The van der Waals surface area contributed by atoms with Gasteiger partial charge in [0.1, 0.15) is 0 Å². The van der Waals surface area contributed by atoms with E-state index in [0.717, 1.165) is 5.56 Å². The van der Waals surface area contributed by atoms with E-state index in [9.17, 15) is 4.79 Å². The van der Waals surface area contributed by atoms with Gasteiger partial charge >= 0.3 is 6.03 Å². The molecule has 0 aliphatic carbocycles. The van der Waals surface area contributed by atoms with Crippen molar-refractivity contribution in [1.29, 1.82) is 5.26 Å². The minimum absolute atomic E-state index is 0.208. The maximum atomic E-state index is 11.5. The first-order valence-electron chi connectivity index (χ1n) is 5.46. The van der Waals surface area contributed by atoms with Gasteiger partial charge in [-0.25, -0.2) is 4.79 Å². The molecule has 0 aromatic heterocycles. The molecule has 4 nitrogen and oxygen atoms in total. The topological polar surface area (TPSA) is 64.9 Å². The Morgan fingerprint density at radius 2 is 2.12 bits per heavy atom. The molecule has 1 aromatic carbocycles. The molecule has 0 heterocycles. The van der Waals surface area contributed by atoms with Crippen LogP contribution in [0.25, 0.3) is 0 Å². The van der Waals surface area contributed by atoms with Gasteiger partial charge in [0.05, 0.1) is 11.6 Å². The number of rotatable bonds is 2. The van der Waals surface area contributed by atoms with Crippen LogP contribution >= 0.6 is 0 Å². The molecule has 0 bridgehead atoms. The molecule has 0 atom stereocenters. The van der Waals surface area contributed by atoms with Gasteiger partial charge in [0.15, 0.2) is 0 Å². The average molecular weight is 231 g/mol. The highest BCUT2D eigenvalue weighted by atomic mass is 16.2. The molecule has 0 unspecified atom stereocenters. The number of benzene rings is 1. The van der Waals surface area contributed by atoms with Gasteiger partial charge in [0.25, 0.3) is 0 Å². The molecule has 0 aliphatic heterocycles. The molecule has 2 amide bonds. The van der Waals surface area contributed by atoms with Crippen LogP contribution in [0.4, 0.5) is 4.79 Å². The van der Waals surface area contributed by atoms with E-state index in [1.54, 1.807) is 18.2 Å². The Morgan fingerprint density at radius 1 is 1.41 bits per heavy atom. The van der Waals surface area contributed by atoms with Crippen molar-refractivity contribution < 1.29 is 4.79 Å². The summed E-state index contributed by atoms with van der Waals surface area (Å²) in [7, 11) is 0. The molecule has 0 fully saturated rings. The molecule has 1 aromatic rings. The molecule has 2 N–H and O–H groups in total. The van der Waals surface area contributed by atoms with Crippen molar-refractivity contribution in [2.75, 3.05) is 0 Å². The van der Waals surface area contributed by atoms with Crippen LogP contribution in [0, 0.1) is 11.3 Å². The Morgan fingerprint density at radius 3 is 2.71 bits per heavy atom. The second-order valence-electron chi connectivity index (χ2n) is 4.87. The third-order valence-corrected chi connectivity index (χ3v) is 2.00. The number of nitrogens with one attached hydrogen (secondary N) is 2. The van der Waals surface area contributed by atoms with Gasteiger partial charge in [0, 0.05) is 12.1 Å². The van der Waals surface area contributed by atoms with Crippen LogP contribution in [0.1, 0.15) is 31.9 Å². The molecular formula is C13H17N3O. The fraction of sp³-hybridized carbons (Fsp3) is 0.385. The van der Waals surface area contributed by atoms with E-state index in [4.69, 9.17) is 5.26 Å². The summed E-state index contributed by atoms with van der Waals surface area (Å²) in [5.41, 5.74) is 1.26. The van der Waals surface area contributed by atoms with Crippen molar-refractivity contribution in [3.8, 4) is 6.07 Å². The molecule has 0 aliphatic rings. The Balaban J connectivity index is 2.51. The number of carbonyl (C=O) groups excluding carboxylic acids is 1. The molecule has 4 heteroatoms. The van der Waals surface area contributed by atoms with Crippen molar-refractivity contribution in [3.05, 3.63) is 35.4 Å². The standard InChI is InChI=1S/C13H17N3O/c1-13(2,3)16-12(17)15-9-11-6-4-5-10(7-11)8-14/h4-7H,9H2,1-3H3,(H2,15,16,17). The summed E-state index contributed by atoms with van der Waals surface area (Å²) in [5, 5.41) is 14.3. The Kier molecular flexibility index (Phi) is 4.11. The van der Waals surface area contributed by atoms with Crippen molar-refractivity contribution >= 4 is 6.03 Å². The lowest BCUT2D eigenvalue weighted by Gasteiger charge is -2.20. The van der Waals surface area contributed by atoms with Gasteiger partial charge in [0.2, 0.25) is 0 Å². The normalized spacial score (nSPS) is 10.5. The maximum Gasteiger partial charge on any atom is 0.315 e. The van der Waals surface area contributed by atoms with Gasteiger partial charge in [-0.2, -0.15) is 5.26 Å². The number of urea groups is 1. The fourth-order valence-corrected chi connectivity index (χ4v) is 1.32. The van der Waals surface area contributed by atoms with Crippen LogP contribution in [0.15, 0.2) is 24.3 Å². The maximum absolute atomic E-state index is 11.5. The Bertz CT molecular complexity index is 441. The average Bonchev–Trinajstić information content (AvgIpc) is 2.24. The zero-order valence-corrected chi connectivity index (χ0v) is 10.4. The van der Waals surface area contributed by atoms with E-state index in [1.807, 2.05) is 26.8 Å². The van der Waals surface area contributed by atoms with Gasteiger partial charge in [-0.3, -0.25) is 0 Å². The van der Waals surface area contributed by atoms with Crippen LogP contribution in [-0.2, 0) is 6.54 Å². The van der Waals surface area contributed by atoms with Gasteiger partial charge in [-0.1, -0.05) is 12.1 Å². The lowest BCUT2D eigenvalue weighted by atomic mass is 10.1. The van der Waals surface area contributed by atoms with Crippen LogP contribution in [0.3, 0.4) is 0 Å². The third-order valence-electron chi connectivity index (χ3n) is 2.00. The van der Waals surface area contributed by atoms with Crippen LogP contribution in [0.2, 0.25) is 0 Å². The minimum atomic E-state index is -0.251. The number of hydrogen-bond donors (Lipinski definition) is 2. The zero-order valence-electron chi connectivity index (χ0n) is 10.4. The monoisotopic (exact) mass is 231 g/mol. The molecule has 0 spiro atoms. The predicted octanol–water partition coefficient (Wildman–Crippen LogP) is 2.16. The number of hydrogen-bond acceptors (Lipinski definition) is 2. The Hall–Kier alpha value is -2.02. The number of nitriles is 1. The quantitative estimate of drug-likeness (QED) is 0.819. The summed E-state index contributed by atoms with van der Waals surface area (Å²) in [6, 6.07) is 9.03.